The van der Waals surface area contributed by atoms with Crippen LogP contribution in [0.15, 0.2) is 16.6 Å². The predicted molar refractivity (Wildman–Crippen MR) is 83.2 cm³/mol. The van der Waals surface area contributed by atoms with Crippen molar-refractivity contribution in [2.45, 2.75) is 19.4 Å². The number of amides is 1. The number of hydrogen-bond donors (Lipinski definition) is 2. The van der Waals surface area contributed by atoms with E-state index in [-0.39, 0.29) is 5.91 Å². The van der Waals surface area contributed by atoms with Crippen molar-refractivity contribution in [3.63, 3.8) is 0 Å². The molecule has 1 aromatic rings. The molecule has 0 saturated heterocycles. The van der Waals surface area contributed by atoms with Crippen LogP contribution in [0.3, 0.4) is 0 Å². The van der Waals surface area contributed by atoms with Gasteiger partial charge in [-0.2, -0.15) is 0 Å². The van der Waals surface area contributed by atoms with Crippen molar-refractivity contribution in [3.05, 3.63) is 21.6 Å². The summed E-state index contributed by atoms with van der Waals surface area (Å²) in [4.78, 5) is 11.8. The smallest absolute Gasteiger partial charge is 0.260 e. The lowest BCUT2D eigenvalue weighted by Gasteiger charge is -2.17. The average molecular weight is 366 g/mol. The number of nitrogens with two attached hydrogens (primary N) is 1. The SMILES string of the molecule is COCCCNC(=O)C(C)Oc1c(N)cc(Cl)cc1Br. The fraction of sp³-hybridized carbons (Fsp3) is 0.462. The lowest BCUT2D eigenvalue weighted by atomic mass is 10.3. The molecule has 0 aliphatic heterocycles. The van der Waals surface area contributed by atoms with Crippen molar-refractivity contribution in [2.24, 2.45) is 0 Å². The van der Waals surface area contributed by atoms with E-state index in [0.717, 1.165) is 6.42 Å². The van der Waals surface area contributed by atoms with Crippen molar-refractivity contribution in [1.82, 2.24) is 5.32 Å². The zero-order valence-electron chi connectivity index (χ0n) is 11.4. The molecular formula is C13H18BrClN2O3. The number of anilines is 1. The molecule has 7 heteroatoms. The van der Waals surface area contributed by atoms with Crippen LogP contribution < -0.4 is 15.8 Å². The van der Waals surface area contributed by atoms with Crippen LogP contribution in [0.5, 0.6) is 5.75 Å². The molecule has 20 heavy (non-hydrogen) atoms. The minimum Gasteiger partial charge on any atom is -0.478 e. The summed E-state index contributed by atoms with van der Waals surface area (Å²) in [7, 11) is 1.62. The molecule has 0 spiro atoms. The summed E-state index contributed by atoms with van der Waals surface area (Å²) in [5, 5.41) is 3.26. The van der Waals surface area contributed by atoms with Gasteiger partial charge in [0, 0.05) is 25.3 Å². The second kappa shape index (κ2) is 8.34. The minimum atomic E-state index is -0.655. The molecule has 1 atom stereocenters. The molecule has 0 saturated carbocycles. The summed E-state index contributed by atoms with van der Waals surface area (Å²) in [5.74, 6) is 0.205. The highest BCUT2D eigenvalue weighted by Gasteiger charge is 2.17. The molecule has 0 radical (unpaired) electrons. The van der Waals surface area contributed by atoms with E-state index in [0.29, 0.717) is 34.1 Å². The Morgan fingerprint density at radius 1 is 1.55 bits per heavy atom. The number of rotatable bonds is 7. The number of methoxy groups -OCH3 is 1. The molecule has 0 bridgehead atoms. The molecule has 112 valence electrons. The normalized spacial score (nSPS) is 12.0. The van der Waals surface area contributed by atoms with E-state index >= 15 is 0 Å². The fourth-order valence-corrected chi connectivity index (χ4v) is 2.43. The number of halogens is 2. The lowest BCUT2D eigenvalue weighted by molar-refractivity contribution is -0.127. The highest BCUT2D eigenvalue weighted by Crippen LogP contribution is 2.35. The summed E-state index contributed by atoms with van der Waals surface area (Å²) < 4.78 is 11.1. The Kier molecular flexibility index (Phi) is 7.12. The number of ether oxygens (including phenoxy) is 2. The second-order valence-corrected chi connectivity index (χ2v) is 5.49. The average Bonchev–Trinajstić information content (AvgIpc) is 2.38. The third-order valence-corrected chi connectivity index (χ3v) is 3.33. The van der Waals surface area contributed by atoms with Gasteiger partial charge in [-0.05, 0) is 41.4 Å². The van der Waals surface area contributed by atoms with Crippen molar-refractivity contribution in [3.8, 4) is 5.75 Å². The summed E-state index contributed by atoms with van der Waals surface area (Å²) in [6.07, 6.45) is 0.0965. The molecule has 1 amide bonds. The van der Waals surface area contributed by atoms with E-state index in [1.807, 2.05) is 0 Å². The van der Waals surface area contributed by atoms with Gasteiger partial charge in [0.05, 0.1) is 10.2 Å². The Balaban J connectivity index is 2.57. The first kappa shape index (κ1) is 17.1. The number of benzene rings is 1. The Morgan fingerprint density at radius 3 is 2.85 bits per heavy atom. The van der Waals surface area contributed by atoms with Gasteiger partial charge in [-0.15, -0.1) is 0 Å². The maximum absolute atomic E-state index is 11.8. The fourth-order valence-electron chi connectivity index (χ4n) is 1.51. The summed E-state index contributed by atoms with van der Waals surface area (Å²) in [6, 6.07) is 3.24. The van der Waals surface area contributed by atoms with Crippen LogP contribution in [0.1, 0.15) is 13.3 Å². The topological polar surface area (TPSA) is 73.6 Å². The van der Waals surface area contributed by atoms with Crippen LogP contribution in [0.2, 0.25) is 5.02 Å². The van der Waals surface area contributed by atoms with E-state index in [1.54, 1.807) is 26.2 Å². The molecule has 0 heterocycles. The lowest BCUT2D eigenvalue weighted by Crippen LogP contribution is -2.37. The van der Waals surface area contributed by atoms with E-state index in [2.05, 4.69) is 21.2 Å². The Morgan fingerprint density at radius 2 is 2.25 bits per heavy atom. The first-order valence-electron chi connectivity index (χ1n) is 6.13. The molecule has 0 aliphatic carbocycles. The van der Waals surface area contributed by atoms with Crippen LogP contribution in [0.4, 0.5) is 5.69 Å². The maximum Gasteiger partial charge on any atom is 0.260 e. The number of hydrogen-bond acceptors (Lipinski definition) is 4. The van der Waals surface area contributed by atoms with Crippen LogP contribution in [0, 0.1) is 0 Å². The van der Waals surface area contributed by atoms with Crippen molar-refractivity contribution >= 4 is 39.1 Å². The number of nitrogens with one attached hydrogen (secondary N) is 1. The van der Waals surface area contributed by atoms with Gasteiger partial charge in [0.25, 0.3) is 5.91 Å². The number of carbonyl (C=O) groups is 1. The second-order valence-electron chi connectivity index (χ2n) is 4.20. The van der Waals surface area contributed by atoms with Crippen LogP contribution in [-0.4, -0.2) is 32.3 Å². The zero-order valence-corrected chi connectivity index (χ0v) is 13.8. The number of nitrogen functional groups attached to an aromatic ring is 1. The monoisotopic (exact) mass is 364 g/mol. The van der Waals surface area contributed by atoms with E-state index < -0.39 is 6.10 Å². The highest BCUT2D eigenvalue weighted by molar-refractivity contribution is 9.10. The summed E-state index contributed by atoms with van der Waals surface area (Å²) >= 11 is 9.17. The predicted octanol–water partition coefficient (Wildman–Crippen LogP) is 2.60. The Hall–Kier alpha value is -0.980. The van der Waals surface area contributed by atoms with Crippen LogP contribution in [-0.2, 0) is 9.53 Å². The van der Waals surface area contributed by atoms with Crippen molar-refractivity contribution in [2.75, 3.05) is 26.0 Å². The molecule has 1 unspecified atom stereocenters. The summed E-state index contributed by atoms with van der Waals surface area (Å²) in [5.41, 5.74) is 6.20. The van der Waals surface area contributed by atoms with Crippen molar-refractivity contribution < 1.29 is 14.3 Å². The van der Waals surface area contributed by atoms with E-state index in [4.69, 9.17) is 26.8 Å². The van der Waals surface area contributed by atoms with Gasteiger partial charge in [0.15, 0.2) is 11.9 Å². The molecule has 0 fully saturated rings. The molecule has 5 nitrogen and oxygen atoms in total. The van der Waals surface area contributed by atoms with Gasteiger partial charge in [-0.3, -0.25) is 4.79 Å². The maximum atomic E-state index is 11.8. The van der Waals surface area contributed by atoms with Gasteiger partial charge in [0.2, 0.25) is 0 Å². The van der Waals surface area contributed by atoms with Gasteiger partial charge in [0.1, 0.15) is 0 Å². The molecule has 1 aromatic carbocycles. The van der Waals surface area contributed by atoms with Gasteiger partial charge >= 0.3 is 0 Å². The van der Waals surface area contributed by atoms with Gasteiger partial charge in [-0.25, -0.2) is 0 Å². The minimum absolute atomic E-state index is 0.206. The van der Waals surface area contributed by atoms with Crippen LogP contribution in [0.25, 0.3) is 0 Å². The highest BCUT2D eigenvalue weighted by atomic mass is 79.9. The quantitative estimate of drug-likeness (QED) is 0.575. The molecular weight excluding hydrogens is 348 g/mol. The molecule has 1 rings (SSSR count). The molecule has 3 N–H and O–H groups in total. The zero-order chi connectivity index (χ0) is 15.1. The third kappa shape index (κ3) is 5.19. The first-order chi connectivity index (χ1) is 9.45. The molecule has 0 aliphatic rings. The van der Waals surface area contributed by atoms with Gasteiger partial charge < -0.3 is 20.5 Å². The Bertz CT molecular complexity index is 448. The summed E-state index contributed by atoms with van der Waals surface area (Å²) in [6.45, 7) is 2.80. The molecule has 0 aromatic heterocycles. The third-order valence-electron chi connectivity index (χ3n) is 2.53. The van der Waals surface area contributed by atoms with E-state index in [9.17, 15) is 4.79 Å². The van der Waals surface area contributed by atoms with Gasteiger partial charge in [-0.1, -0.05) is 11.6 Å². The first-order valence-corrected chi connectivity index (χ1v) is 7.30. The van der Waals surface area contributed by atoms with E-state index in [1.165, 1.54) is 0 Å². The standard InChI is InChI=1S/C13H18BrClN2O3/c1-8(13(18)17-4-3-5-19-2)20-12-10(14)6-9(15)7-11(12)16/h6-8H,3-5,16H2,1-2H3,(H,17,18). The van der Waals surface area contributed by atoms with Crippen LogP contribution >= 0.6 is 27.5 Å². The largest absolute Gasteiger partial charge is 0.478 e. The van der Waals surface area contributed by atoms with Crippen molar-refractivity contribution in [1.29, 1.82) is 0 Å². The number of carbonyl (C=O) groups excluding carboxylic acids is 1. The Labute approximate surface area is 131 Å².